The van der Waals surface area contributed by atoms with Gasteiger partial charge in [-0.1, -0.05) is 6.07 Å². The molecule has 1 amide bonds. The molecule has 1 aliphatic rings. The van der Waals surface area contributed by atoms with Crippen LogP contribution in [0.15, 0.2) is 18.3 Å². The minimum atomic E-state index is -0.230. The second kappa shape index (κ2) is 5.59. The molecule has 7 nitrogen and oxygen atoms in total. The van der Waals surface area contributed by atoms with Crippen LogP contribution < -0.4 is 5.32 Å². The first-order valence-corrected chi connectivity index (χ1v) is 7.13. The number of pyridine rings is 1. The van der Waals surface area contributed by atoms with Crippen molar-refractivity contribution in [1.82, 2.24) is 30.5 Å². The number of nitrogens with one attached hydrogen (secondary N) is 1. The summed E-state index contributed by atoms with van der Waals surface area (Å²) in [5, 5.41) is 14.3. The van der Waals surface area contributed by atoms with Crippen molar-refractivity contribution in [2.75, 3.05) is 0 Å². The summed E-state index contributed by atoms with van der Waals surface area (Å²) < 4.78 is 1.57. The van der Waals surface area contributed by atoms with E-state index in [9.17, 15) is 4.79 Å². The lowest BCUT2D eigenvalue weighted by atomic mass is 9.86. The van der Waals surface area contributed by atoms with Crippen LogP contribution in [0.4, 0.5) is 0 Å². The maximum atomic E-state index is 12.5. The Bertz CT molecular complexity index is 652. The maximum Gasteiger partial charge on any atom is 0.229 e. The molecule has 2 heterocycles. The van der Waals surface area contributed by atoms with E-state index >= 15 is 0 Å². The number of fused-ring (bicyclic) bond motifs is 1. The predicted molar refractivity (Wildman–Crippen MR) is 75.3 cm³/mol. The summed E-state index contributed by atoms with van der Waals surface area (Å²) >= 11 is 0. The fourth-order valence-corrected chi connectivity index (χ4v) is 2.85. The molecule has 0 bridgehead atoms. The van der Waals surface area contributed by atoms with Crippen LogP contribution in [0.5, 0.6) is 0 Å². The van der Waals surface area contributed by atoms with Crippen LogP contribution in [0.25, 0.3) is 0 Å². The molecular formula is C14H18N6O. The second-order valence-corrected chi connectivity index (χ2v) is 5.38. The molecule has 7 heteroatoms. The molecule has 21 heavy (non-hydrogen) atoms. The van der Waals surface area contributed by atoms with E-state index in [1.54, 1.807) is 17.9 Å². The van der Waals surface area contributed by atoms with Crippen molar-refractivity contribution in [3.8, 4) is 0 Å². The second-order valence-electron chi connectivity index (χ2n) is 5.38. The van der Waals surface area contributed by atoms with Crippen LogP contribution in [-0.4, -0.2) is 31.1 Å². The molecule has 110 valence electrons. The summed E-state index contributed by atoms with van der Waals surface area (Å²) in [4.78, 5) is 17.0. The van der Waals surface area contributed by atoms with E-state index in [1.807, 2.05) is 13.0 Å². The fraction of sp³-hybridized carbons (Fsp3) is 0.500. The zero-order chi connectivity index (χ0) is 14.8. The van der Waals surface area contributed by atoms with Gasteiger partial charge in [-0.05, 0) is 48.2 Å². The third-order valence-electron chi connectivity index (χ3n) is 3.91. The molecule has 1 N–H and O–H groups in total. The molecule has 0 saturated carbocycles. The SMILES string of the molecule is CC(NC(=O)C1CCCc2cccnc21)c1nnnn1C. The Balaban J connectivity index is 1.76. The van der Waals surface area contributed by atoms with Crippen molar-refractivity contribution in [2.24, 2.45) is 7.05 Å². The van der Waals surface area contributed by atoms with E-state index in [0.29, 0.717) is 5.82 Å². The highest BCUT2D eigenvalue weighted by Gasteiger charge is 2.29. The van der Waals surface area contributed by atoms with Gasteiger partial charge in [0.2, 0.25) is 5.91 Å². The Morgan fingerprint density at radius 1 is 1.52 bits per heavy atom. The maximum absolute atomic E-state index is 12.5. The number of amides is 1. The van der Waals surface area contributed by atoms with Crippen LogP contribution in [0.3, 0.4) is 0 Å². The van der Waals surface area contributed by atoms with Crippen molar-refractivity contribution < 1.29 is 4.79 Å². The number of tetrazole rings is 1. The molecule has 2 aromatic rings. The lowest BCUT2D eigenvalue weighted by molar-refractivity contribution is -0.123. The number of hydrogen-bond acceptors (Lipinski definition) is 5. The van der Waals surface area contributed by atoms with E-state index in [-0.39, 0.29) is 17.9 Å². The number of carbonyl (C=O) groups excluding carboxylic acids is 1. The predicted octanol–water partition coefficient (Wildman–Crippen LogP) is 0.902. The Hall–Kier alpha value is -2.31. The highest BCUT2D eigenvalue weighted by atomic mass is 16.2. The van der Waals surface area contributed by atoms with Gasteiger partial charge in [-0.3, -0.25) is 9.78 Å². The molecule has 0 radical (unpaired) electrons. The van der Waals surface area contributed by atoms with Crippen molar-refractivity contribution in [3.05, 3.63) is 35.4 Å². The average Bonchev–Trinajstić information content (AvgIpc) is 2.92. The first kappa shape index (κ1) is 13.7. The normalized spacial score (nSPS) is 18.9. The summed E-state index contributed by atoms with van der Waals surface area (Å²) in [6.07, 6.45) is 4.59. The summed E-state index contributed by atoms with van der Waals surface area (Å²) in [5.41, 5.74) is 2.08. The minimum absolute atomic E-state index is 0.00912. The van der Waals surface area contributed by atoms with Crippen molar-refractivity contribution in [1.29, 1.82) is 0 Å². The summed E-state index contributed by atoms with van der Waals surface area (Å²) in [5.74, 6) is 0.448. The van der Waals surface area contributed by atoms with Gasteiger partial charge in [-0.2, -0.15) is 0 Å². The van der Waals surface area contributed by atoms with Gasteiger partial charge in [0.25, 0.3) is 0 Å². The molecule has 0 fully saturated rings. The lowest BCUT2D eigenvalue weighted by Gasteiger charge is -2.24. The fourth-order valence-electron chi connectivity index (χ4n) is 2.85. The van der Waals surface area contributed by atoms with E-state index in [0.717, 1.165) is 25.0 Å². The molecule has 1 aliphatic carbocycles. The third-order valence-corrected chi connectivity index (χ3v) is 3.91. The van der Waals surface area contributed by atoms with E-state index < -0.39 is 0 Å². The van der Waals surface area contributed by atoms with Crippen LogP contribution >= 0.6 is 0 Å². The smallest absolute Gasteiger partial charge is 0.229 e. The third kappa shape index (κ3) is 2.63. The average molecular weight is 286 g/mol. The van der Waals surface area contributed by atoms with Gasteiger partial charge >= 0.3 is 0 Å². The molecule has 0 saturated heterocycles. The molecule has 3 rings (SSSR count). The highest BCUT2D eigenvalue weighted by Crippen LogP contribution is 2.30. The Kier molecular flexibility index (Phi) is 3.64. The van der Waals surface area contributed by atoms with E-state index in [2.05, 4.69) is 31.9 Å². The van der Waals surface area contributed by atoms with Crippen LogP contribution in [-0.2, 0) is 18.3 Å². The Labute approximate surface area is 122 Å². The molecule has 2 unspecified atom stereocenters. The first-order valence-electron chi connectivity index (χ1n) is 7.13. The van der Waals surface area contributed by atoms with E-state index in [4.69, 9.17) is 0 Å². The van der Waals surface area contributed by atoms with Gasteiger partial charge in [-0.15, -0.1) is 5.10 Å². The number of nitrogens with zero attached hydrogens (tertiary/aromatic N) is 5. The Morgan fingerprint density at radius 3 is 3.14 bits per heavy atom. The van der Waals surface area contributed by atoms with Crippen LogP contribution in [0.2, 0.25) is 0 Å². The van der Waals surface area contributed by atoms with Gasteiger partial charge in [0.15, 0.2) is 5.82 Å². The summed E-state index contributed by atoms with van der Waals surface area (Å²) in [6, 6.07) is 3.75. The summed E-state index contributed by atoms with van der Waals surface area (Å²) in [6.45, 7) is 1.88. The number of carbonyl (C=O) groups is 1. The van der Waals surface area contributed by atoms with Crippen LogP contribution in [0.1, 0.15) is 48.8 Å². The molecule has 0 aliphatic heterocycles. The number of rotatable bonds is 3. The molecule has 0 aromatic carbocycles. The molecule has 2 aromatic heterocycles. The van der Waals surface area contributed by atoms with Crippen molar-refractivity contribution >= 4 is 5.91 Å². The van der Waals surface area contributed by atoms with Crippen molar-refractivity contribution in [3.63, 3.8) is 0 Å². The lowest BCUT2D eigenvalue weighted by Crippen LogP contribution is -2.34. The van der Waals surface area contributed by atoms with Gasteiger partial charge in [0, 0.05) is 13.2 Å². The van der Waals surface area contributed by atoms with Gasteiger partial charge in [0.05, 0.1) is 17.7 Å². The minimum Gasteiger partial charge on any atom is -0.346 e. The van der Waals surface area contributed by atoms with Crippen LogP contribution in [0, 0.1) is 0 Å². The standard InChI is InChI=1S/C14H18N6O/c1-9(13-17-18-19-20(13)2)16-14(21)11-7-3-5-10-6-4-8-15-12(10)11/h4,6,8-9,11H,3,5,7H2,1-2H3,(H,16,21). The Morgan fingerprint density at radius 2 is 2.38 bits per heavy atom. The zero-order valence-corrected chi connectivity index (χ0v) is 12.2. The largest absolute Gasteiger partial charge is 0.346 e. The zero-order valence-electron chi connectivity index (χ0n) is 12.2. The van der Waals surface area contributed by atoms with Gasteiger partial charge < -0.3 is 5.32 Å². The molecule has 0 spiro atoms. The summed E-state index contributed by atoms with van der Waals surface area (Å²) in [7, 11) is 1.76. The van der Waals surface area contributed by atoms with E-state index in [1.165, 1.54) is 5.56 Å². The van der Waals surface area contributed by atoms with Gasteiger partial charge in [-0.25, -0.2) is 4.68 Å². The van der Waals surface area contributed by atoms with Crippen molar-refractivity contribution in [2.45, 2.75) is 38.1 Å². The monoisotopic (exact) mass is 286 g/mol. The molecule has 2 atom stereocenters. The highest BCUT2D eigenvalue weighted by molar-refractivity contribution is 5.84. The van der Waals surface area contributed by atoms with Gasteiger partial charge in [0.1, 0.15) is 0 Å². The topological polar surface area (TPSA) is 85.6 Å². The number of aromatic nitrogens is 5. The number of aryl methyl sites for hydroxylation is 2. The number of hydrogen-bond donors (Lipinski definition) is 1. The quantitative estimate of drug-likeness (QED) is 0.906. The first-order chi connectivity index (χ1) is 10.2. The molecular weight excluding hydrogens is 268 g/mol.